The molecule has 1 aliphatic rings. The highest BCUT2D eigenvalue weighted by Gasteiger charge is 2.32. The van der Waals surface area contributed by atoms with Gasteiger partial charge >= 0.3 is 11.9 Å². The molecule has 23 heavy (non-hydrogen) atoms. The first-order valence-corrected chi connectivity index (χ1v) is 8.22. The second kappa shape index (κ2) is 6.86. The zero-order valence-electron chi connectivity index (χ0n) is 12.5. The third-order valence-corrected chi connectivity index (χ3v) is 4.40. The number of esters is 2. The molecule has 0 bridgehead atoms. The van der Waals surface area contributed by atoms with Crippen LogP contribution in [0, 0.1) is 0 Å². The summed E-state index contributed by atoms with van der Waals surface area (Å²) in [5.74, 6) is -0.973. The first-order valence-electron chi connectivity index (χ1n) is 7.28. The van der Waals surface area contributed by atoms with E-state index < -0.39 is 11.9 Å². The first kappa shape index (κ1) is 15.6. The standard InChI is InChI=1S/C14H16N4O4S/c1-21-13(19)9-6-18(17-16-9)11-4-2-3-5-12(11)22-14(20)10-7-23-8-15-10/h6-8,11-12H,2-5H2,1H3/t11-,12+/m1/s1. The molecule has 0 aliphatic heterocycles. The van der Waals surface area contributed by atoms with Crippen molar-refractivity contribution in [1.29, 1.82) is 0 Å². The molecule has 1 saturated carbocycles. The molecule has 1 aliphatic carbocycles. The summed E-state index contributed by atoms with van der Waals surface area (Å²) in [6.45, 7) is 0. The van der Waals surface area contributed by atoms with Crippen LogP contribution in [0.5, 0.6) is 0 Å². The van der Waals surface area contributed by atoms with Gasteiger partial charge in [-0.25, -0.2) is 19.3 Å². The van der Waals surface area contributed by atoms with E-state index in [1.807, 2.05) is 0 Å². The van der Waals surface area contributed by atoms with Crippen molar-refractivity contribution in [1.82, 2.24) is 20.0 Å². The molecule has 0 spiro atoms. The molecule has 3 rings (SSSR count). The number of carbonyl (C=O) groups excluding carboxylic acids is 2. The molecule has 2 atom stereocenters. The lowest BCUT2D eigenvalue weighted by Crippen LogP contribution is -2.32. The van der Waals surface area contributed by atoms with Crippen LogP contribution in [0.2, 0.25) is 0 Å². The molecule has 2 aromatic rings. The molecule has 8 nitrogen and oxygen atoms in total. The Hall–Kier alpha value is -2.29. The largest absolute Gasteiger partial charge is 0.464 e. The highest BCUT2D eigenvalue weighted by atomic mass is 32.1. The Bertz CT molecular complexity index is 685. The van der Waals surface area contributed by atoms with Gasteiger partial charge in [-0.3, -0.25) is 0 Å². The average molecular weight is 336 g/mol. The molecule has 2 heterocycles. The van der Waals surface area contributed by atoms with Gasteiger partial charge < -0.3 is 9.47 Å². The van der Waals surface area contributed by atoms with E-state index in [-0.39, 0.29) is 17.8 Å². The fourth-order valence-corrected chi connectivity index (χ4v) is 3.19. The SMILES string of the molecule is COC(=O)c1cn([C@@H]2CCCC[C@@H]2OC(=O)c2cscn2)nn1. The lowest BCUT2D eigenvalue weighted by molar-refractivity contribution is 0.00122. The van der Waals surface area contributed by atoms with Crippen LogP contribution in [0.15, 0.2) is 17.1 Å². The van der Waals surface area contributed by atoms with Crippen molar-refractivity contribution >= 4 is 23.3 Å². The predicted molar refractivity (Wildman–Crippen MR) is 80.2 cm³/mol. The van der Waals surface area contributed by atoms with E-state index in [9.17, 15) is 9.59 Å². The quantitative estimate of drug-likeness (QED) is 0.786. The molecule has 2 aromatic heterocycles. The number of thiazole rings is 1. The van der Waals surface area contributed by atoms with Crippen molar-refractivity contribution in [2.45, 2.75) is 37.8 Å². The monoisotopic (exact) mass is 336 g/mol. The van der Waals surface area contributed by atoms with Crippen molar-refractivity contribution in [3.8, 4) is 0 Å². The van der Waals surface area contributed by atoms with E-state index >= 15 is 0 Å². The lowest BCUT2D eigenvalue weighted by atomic mass is 9.92. The van der Waals surface area contributed by atoms with Gasteiger partial charge in [-0.1, -0.05) is 11.6 Å². The summed E-state index contributed by atoms with van der Waals surface area (Å²) in [5.41, 5.74) is 2.05. The van der Waals surface area contributed by atoms with Crippen molar-refractivity contribution in [3.05, 3.63) is 28.5 Å². The highest BCUT2D eigenvalue weighted by Crippen LogP contribution is 2.31. The maximum Gasteiger partial charge on any atom is 0.360 e. The summed E-state index contributed by atoms with van der Waals surface area (Å²) in [7, 11) is 1.29. The Kier molecular flexibility index (Phi) is 4.65. The third-order valence-electron chi connectivity index (χ3n) is 3.81. The molecule has 0 radical (unpaired) electrons. The number of rotatable bonds is 4. The Morgan fingerprint density at radius 3 is 2.83 bits per heavy atom. The summed E-state index contributed by atoms with van der Waals surface area (Å²) in [5, 5.41) is 9.46. The van der Waals surface area contributed by atoms with Gasteiger partial charge in [0.05, 0.1) is 24.9 Å². The van der Waals surface area contributed by atoms with Crippen LogP contribution in [0.25, 0.3) is 0 Å². The van der Waals surface area contributed by atoms with Crippen molar-refractivity contribution < 1.29 is 19.1 Å². The molecule has 0 unspecified atom stereocenters. The summed E-state index contributed by atoms with van der Waals surface area (Å²) in [6.07, 6.45) is 4.75. The zero-order chi connectivity index (χ0) is 16.2. The number of nitrogens with zero attached hydrogens (tertiary/aromatic N) is 4. The molecular weight excluding hydrogens is 320 g/mol. The van der Waals surface area contributed by atoms with Crippen LogP contribution in [-0.2, 0) is 9.47 Å². The molecule has 0 aromatic carbocycles. The topological polar surface area (TPSA) is 96.2 Å². The molecule has 1 fully saturated rings. The van der Waals surface area contributed by atoms with Gasteiger partial charge in [0.2, 0.25) is 0 Å². The summed E-state index contributed by atoms with van der Waals surface area (Å²) in [6, 6.07) is -0.141. The molecule has 0 saturated heterocycles. The Balaban J connectivity index is 1.74. The highest BCUT2D eigenvalue weighted by molar-refractivity contribution is 7.07. The van der Waals surface area contributed by atoms with Crippen molar-refractivity contribution in [3.63, 3.8) is 0 Å². The molecule has 0 N–H and O–H groups in total. The number of hydrogen-bond acceptors (Lipinski definition) is 8. The number of aromatic nitrogens is 4. The van der Waals surface area contributed by atoms with Gasteiger partial charge in [0.15, 0.2) is 11.4 Å². The Labute approximate surface area is 136 Å². The second-order valence-corrected chi connectivity index (χ2v) is 5.96. The third kappa shape index (κ3) is 3.39. The van der Waals surface area contributed by atoms with Gasteiger partial charge in [-0.2, -0.15) is 0 Å². The Morgan fingerprint density at radius 1 is 1.26 bits per heavy atom. The Morgan fingerprint density at radius 2 is 2.09 bits per heavy atom. The smallest absolute Gasteiger partial charge is 0.360 e. The molecule has 122 valence electrons. The van der Waals surface area contributed by atoms with Crippen LogP contribution in [0.3, 0.4) is 0 Å². The molecule has 0 amide bonds. The van der Waals surface area contributed by atoms with E-state index in [0.29, 0.717) is 5.69 Å². The van der Waals surface area contributed by atoms with Crippen LogP contribution in [-0.4, -0.2) is 45.1 Å². The molecule has 9 heteroatoms. The lowest BCUT2D eigenvalue weighted by Gasteiger charge is -2.30. The fourth-order valence-electron chi connectivity index (χ4n) is 2.67. The van der Waals surface area contributed by atoms with Gasteiger partial charge in [0.1, 0.15) is 6.10 Å². The first-order chi connectivity index (χ1) is 11.2. The van der Waals surface area contributed by atoms with E-state index in [0.717, 1.165) is 25.7 Å². The van der Waals surface area contributed by atoms with Gasteiger partial charge in [0, 0.05) is 5.38 Å². The number of methoxy groups -OCH3 is 1. The van der Waals surface area contributed by atoms with Crippen LogP contribution < -0.4 is 0 Å². The summed E-state index contributed by atoms with van der Waals surface area (Å²) in [4.78, 5) is 27.6. The number of ether oxygens (including phenoxy) is 2. The summed E-state index contributed by atoms with van der Waals surface area (Å²) < 4.78 is 11.8. The van der Waals surface area contributed by atoms with E-state index in [1.165, 1.54) is 24.6 Å². The predicted octanol–water partition coefficient (Wildman–Crippen LogP) is 1.86. The molecular formula is C14H16N4O4S. The fraction of sp³-hybridized carbons (Fsp3) is 0.500. The van der Waals surface area contributed by atoms with E-state index in [2.05, 4.69) is 20.0 Å². The number of carbonyl (C=O) groups is 2. The van der Waals surface area contributed by atoms with E-state index in [1.54, 1.807) is 15.6 Å². The van der Waals surface area contributed by atoms with Crippen LogP contribution in [0.1, 0.15) is 52.7 Å². The summed E-state index contributed by atoms with van der Waals surface area (Å²) >= 11 is 1.35. The van der Waals surface area contributed by atoms with Gasteiger partial charge in [0.25, 0.3) is 0 Å². The van der Waals surface area contributed by atoms with Crippen LogP contribution >= 0.6 is 11.3 Å². The van der Waals surface area contributed by atoms with Gasteiger partial charge in [-0.15, -0.1) is 16.4 Å². The maximum absolute atomic E-state index is 12.1. The second-order valence-electron chi connectivity index (χ2n) is 5.24. The minimum absolute atomic E-state index is 0.141. The van der Waals surface area contributed by atoms with E-state index in [4.69, 9.17) is 4.74 Å². The number of hydrogen-bond donors (Lipinski definition) is 0. The van der Waals surface area contributed by atoms with Crippen LogP contribution in [0.4, 0.5) is 0 Å². The van der Waals surface area contributed by atoms with Crippen molar-refractivity contribution in [2.24, 2.45) is 0 Å². The average Bonchev–Trinajstić information content (AvgIpc) is 3.26. The van der Waals surface area contributed by atoms with Gasteiger partial charge in [-0.05, 0) is 19.3 Å². The maximum atomic E-state index is 12.1. The normalized spacial score (nSPS) is 20.9. The zero-order valence-corrected chi connectivity index (χ0v) is 13.4. The van der Waals surface area contributed by atoms with Crippen molar-refractivity contribution in [2.75, 3.05) is 7.11 Å². The minimum Gasteiger partial charge on any atom is -0.464 e. The minimum atomic E-state index is -0.539.